The van der Waals surface area contributed by atoms with Crippen LogP contribution >= 0.6 is 11.8 Å². The molecule has 0 aliphatic heterocycles. The Labute approximate surface area is 213 Å². The molecule has 10 heteroatoms. The molecular weight excluding hydrogens is 478 g/mol. The van der Waals surface area contributed by atoms with Gasteiger partial charge >= 0.3 is 0 Å². The molecule has 4 rings (SSSR count). The molecule has 0 fully saturated rings. The molecule has 0 bridgehead atoms. The normalized spacial score (nSPS) is 10.9. The lowest BCUT2D eigenvalue weighted by Crippen LogP contribution is -2.20. The van der Waals surface area contributed by atoms with Gasteiger partial charge in [0.1, 0.15) is 0 Å². The Kier molecular flexibility index (Phi) is 8.20. The summed E-state index contributed by atoms with van der Waals surface area (Å²) in [5, 5.41) is 13.4. The Bertz CT molecular complexity index is 1320. The molecule has 0 radical (unpaired) electrons. The van der Waals surface area contributed by atoms with E-state index in [1.165, 1.54) is 39.3 Å². The van der Waals surface area contributed by atoms with Crippen LogP contribution in [0.15, 0.2) is 83.1 Å². The van der Waals surface area contributed by atoms with E-state index in [2.05, 4.69) is 20.7 Å². The summed E-state index contributed by atoms with van der Waals surface area (Å²) >= 11 is 1.28. The first-order valence-corrected chi connectivity index (χ1v) is 11.9. The number of methoxy groups -OCH3 is 3. The lowest BCUT2D eigenvalue weighted by molar-refractivity contribution is -0.118. The predicted octanol–water partition coefficient (Wildman–Crippen LogP) is 4.20. The second kappa shape index (κ2) is 11.9. The van der Waals surface area contributed by atoms with E-state index in [0.29, 0.717) is 33.8 Å². The molecule has 1 amide bonds. The van der Waals surface area contributed by atoms with E-state index in [9.17, 15) is 4.79 Å². The number of ether oxygens (including phenoxy) is 3. The number of thioether (sulfide) groups is 1. The summed E-state index contributed by atoms with van der Waals surface area (Å²) < 4.78 is 17.9. The summed E-state index contributed by atoms with van der Waals surface area (Å²) in [6.45, 7) is 0. The Hall–Kier alpha value is -4.31. The van der Waals surface area contributed by atoms with Crippen molar-refractivity contribution in [1.29, 1.82) is 0 Å². The van der Waals surface area contributed by atoms with Gasteiger partial charge in [-0.05, 0) is 24.3 Å². The highest BCUT2D eigenvalue weighted by Gasteiger charge is 2.17. The van der Waals surface area contributed by atoms with Gasteiger partial charge in [0, 0.05) is 16.8 Å². The first-order chi connectivity index (χ1) is 17.6. The second-order valence-electron chi connectivity index (χ2n) is 7.38. The van der Waals surface area contributed by atoms with Gasteiger partial charge in [0.05, 0.1) is 33.3 Å². The highest BCUT2D eigenvalue weighted by Crippen LogP contribution is 2.37. The number of benzene rings is 3. The third-order valence-corrected chi connectivity index (χ3v) is 6.03. The number of hydrazone groups is 1. The van der Waals surface area contributed by atoms with Crippen LogP contribution in [0.4, 0.5) is 0 Å². The Balaban J connectivity index is 1.46. The molecule has 0 unspecified atom stereocenters. The number of hydrogen-bond acceptors (Lipinski definition) is 8. The van der Waals surface area contributed by atoms with Gasteiger partial charge in [-0.2, -0.15) is 5.10 Å². The van der Waals surface area contributed by atoms with Gasteiger partial charge < -0.3 is 14.2 Å². The van der Waals surface area contributed by atoms with E-state index in [0.717, 1.165) is 11.3 Å². The maximum atomic E-state index is 12.5. The minimum atomic E-state index is -0.285. The summed E-state index contributed by atoms with van der Waals surface area (Å²) in [5.41, 5.74) is 5.05. The SMILES string of the molecule is COc1cc(C=NNC(=O)CSc2nnc(-c3ccccc3)n2-c2ccccc2)cc(OC)c1OC. The van der Waals surface area contributed by atoms with Crippen LogP contribution in [0.25, 0.3) is 17.1 Å². The van der Waals surface area contributed by atoms with E-state index >= 15 is 0 Å². The predicted molar refractivity (Wildman–Crippen MR) is 139 cm³/mol. The van der Waals surface area contributed by atoms with Crippen molar-refractivity contribution in [3.8, 4) is 34.3 Å². The first-order valence-electron chi connectivity index (χ1n) is 11.0. The average molecular weight is 504 g/mol. The Morgan fingerprint density at radius 1 is 0.944 bits per heavy atom. The summed E-state index contributed by atoms with van der Waals surface area (Å²) in [5.74, 6) is 1.99. The van der Waals surface area contributed by atoms with E-state index < -0.39 is 0 Å². The third-order valence-electron chi connectivity index (χ3n) is 5.10. The fraction of sp³-hybridized carbons (Fsp3) is 0.154. The van der Waals surface area contributed by atoms with Crippen LogP contribution in [-0.4, -0.2) is 54.0 Å². The molecule has 9 nitrogen and oxygen atoms in total. The number of amides is 1. The number of carbonyl (C=O) groups excluding carboxylic acids is 1. The van der Waals surface area contributed by atoms with E-state index in [1.807, 2.05) is 65.2 Å². The van der Waals surface area contributed by atoms with Crippen molar-refractivity contribution < 1.29 is 19.0 Å². The lowest BCUT2D eigenvalue weighted by Gasteiger charge is -2.12. The van der Waals surface area contributed by atoms with Crippen molar-refractivity contribution in [1.82, 2.24) is 20.2 Å². The maximum absolute atomic E-state index is 12.5. The van der Waals surface area contributed by atoms with Crippen LogP contribution in [0.2, 0.25) is 0 Å². The molecule has 0 aliphatic carbocycles. The third kappa shape index (κ3) is 5.66. The van der Waals surface area contributed by atoms with Crippen molar-refractivity contribution in [2.45, 2.75) is 5.16 Å². The lowest BCUT2D eigenvalue weighted by atomic mass is 10.2. The number of nitrogens with one attached hydrogen (secondary N) is 1. The van der Waals surface area contributed by atoms with Crippen LogP contribution in [0.1, 0.15) is 5.56 Å². The van der Waals surface area contributed by atoms with Crippen LogP contribution in [0.3, 0.4) is 0 Å². The molecular formula is C26H25N5O4S. The monoisotopic (exact) mass is 503 g/mol. The molecule has 0 saturated carbocycles. The number of nitrogens with zero attached hydrogens (tertiary/aromatic N) is 4. The Morgan fingerprint density at radius 2 is 1.58 bits per heavy atom. The van der Waals surface area contributed by atoms with Gasteiger partial charge in [0.15, 0.2) is 22.5 Å². The number of aromatic nitrogens is 3. The molecule has 1 heterocycles. The largest absolute Gasteiger partial charge is 0.493 e. The molecule has 3 aromatic carbocycles. The summed E-state index contributed by atoms with van der Waals surface area (Å²) in [6.07, 6.45) is 1.51. The molecule has 1 aromatic heterocycles. The number of carbonyl (C=O) groups is 1. The van der Waals surface area contributed by atoms with E-state index in [4.69, 9.17) is 14.2 Å². The fourth-order valence-electron chi connectivity index (χ4n) is 3.46. The van der Waals surface area contributed by atoms with Crippen molar-refractivity contribution in [2.24, 2.45) is 5.10 Å². The summed E-state index contributed by atoms with van der Waals surface area (Å²) in [6, 6.07) is 23.1. The van der Waals surface area contributed by atoms with Gasteiger partial charge in [-0.1, -0.05) is 60.3 Å². The molecule has 184 valence electrons. The molecule has 0 aliphatic rings. The Morgan fingerprint density at radius 3 is 2.19 bits per heavy atom. The number of para-hydroxylation sites is 1. The fourth-order valence-corrected chi connectivity index (χ4v) is 4.21. The molecule has 36 heavy (non-hydrogen) atoms. The van der Waals surface area contributed by atoms with Gasteiger partial charge in [-0.15, -0.1) is 10.2 Å². The van der Waals surface area contributed by atoms with E-state index in [1.54, 1.807) is 12.1 Å². The van der Waals surface area contributed by atoms with Crippen LogP contribution in [0.5, 0.6) is 17.2 Å². The maximum Gasteiger partial charge on any atom is 0.250 e. The topological polar surface area (TPSA) is 99.9 Å². The second-order valence-corrected chi connectivity index (χ2v) is 8.33. The van der Waals surface area contributed by atoms with Gasteiger partial charge in [0.25, 0.3) is 5.91 Å². The molecule has 0 saturated heterocycles. The van der Waals surface area contributed by atoms with Crippen LogP contribution < -0.4 is 19.6 Å². The van der Waals surface area contributed by atoms with Crippen molar-refractivity contribution in [3.05, 3.63) is 78.4 Å². The molecule has 0 spiro atoms. The molecule has 0 atom stereocenters. The zero-order valence-electron chi connectivity index (χ0n) is 20.0. The number of hydrogen-bond donors (Lipinski definition) is 1. The summed E-state index contributed by atoms with van der Waals surface area (Å²) in [7, 11) is 4.61. The molecule has 4 aromatic rings. The standard InChI is InChI=1S/C26H25N5O4S/c1-33-21-14-18(15-22(34-2)24(21)35-3)16-27-28-23(32)17-36-26-30-29-25(19-10-6-4-7-11-19)31(26)20-12-8-5-9-13-20/h4-16H,17H2,1-3H3,(H,28,32). The minimum absolute atomic E-state index is 0.104. The highest BCUT2D eigenvalue weighted by molar-refractivity contribution is 7.99. The minimum Gasteiger partial charge on any atom is -0.493 e. The van der Waals surface area contributed by atoms with Crippen LogP contribution in [-0.2, 0) is 4.79 Å². The van der Waals surface area contributed by atoms with Crippen molar-refractivity contribution >= 4 is 23.9 Å². The average Bonchev–Trinajstić information content (AvgIpc) is 3.36. The first kappa shape index (κ1) is 24.8. The smallest absolute Gasteiger partial charge is 0.250 e. The quantitative estimate of drug-likeness (QED) is 0.197. The molecule has 1 N–H and O–H groups in total. The highest BCUT2D eigenvalue weighted by atomic mass is 32.2. The van der Waals surface area contributed by atoms with Gasteiger partial charge in [-0.3, -0.25) is 9.36 Å². The van der Waals surface area contributed by atoms with Gasteiger partial charge in [0.2, 0.25) is 5.75 Å². The van der Waals surface area contributed by atoms with Crippen molar-refractivity contribution in [3.63, 3.8) is 0 Å². The van der Waals surface area contributed by atoms with Crippen molar-refractivity contribution in [2.75, 3.05) is 27.1 Å². The number of rotatable bonds is 10. The zero-order valence-corrected chi connectivity index (χ0v) is 20.9. The summed E-state index contributed by atoms with van der Waals surface area (Å²) in [4.78, 5) is 12.5. The van der Waals surface area contributed by atoms with Crippen LogP contribution in [0, 0.1) is 0 Å². The van der Waals surface area contributed by atoms with E-state index in [-0.39, 0.29) is 11.7 Å². The zero-order chi connectivity index (χ0) is 25.3. The van der Waals surface area contributed by atoms with Gasteiger partial charge in [-0.25, -0.2) is 5.43 Å².